The molecule has 0 atom stereocenters. The van der Waals surface area contributed by atoms with Crippen LogP contribution in [0.1, 0.15) is 16.7 Å². The lowest BCUT2D eigenvalue weighted by Crippen LogP contribution is -1.91. The van der Waals surface area contributed by atoms with Gasteiger partial charge in [-0.3, -0.25) is 0 Å². The maximum Gasteiger partial charge on any atom is 0.0317 e. The molecule has 0 aliphatic rings. The fraction of sp³-hybridized carbons (Fsp3) is 0.200. The minimum Gasteiger partial charge on any atom is -0.399 e. The minimum atomic E-state index is 0.826. The smallest absolute Gasteiger partial charge is 0.0317 e. The number of aryl methyl sites for hydroxylation is 2. The summed E-state index contributed by atoms with van der Waals surface area (Å²) in [7, 11) is 0. The zero-order valence-electron chi connectivity index (χ0n) is 10.0. The number of benzene rings is 2. The molecule has 0 saturated carbocycles. The molecule has 2 aromatic rings. The summed E-state index contributed by atoms with van der Waals surface area (Å²) in [5, 5.41) is 0. The van der Waals surface area contributed by atoms with Gasteiger partial charge in [0.15, 0.2) is 0 Å². The third kappa shape index (κ3) is 1.81. The topological polar surface area (TPSA) is 26.0 Å². The molecule has 0 aliphatic heterocycles. The van der Waals surface area contributed by atoms with Crippen molar-refractivity contribution in [3.63, 3.8) is 0 Å². The van der Waals surface area contributed by atoms with Crippen LogP contribution >= 0.6 is 0 Å². The Kier molecular flexibility index (Phi) is 2.69. The lowest BCUT2D eigenvalue weighted by atomic mass is 9.94. The molecule has 0 bridgehead atoms. The van der Waals surface area contributed by atoms with E-state index in [2.05, 4.69) is 45.0 Å². The van der Waals surface area contributed by atoms with Crippen molar-refractivity contribution in [2.24, 2.45) is 0 Å². The summed E-state index contributed by atoms with van der Waals surface area (Å²) in [4.78, 5) is 0. The van der Waals surface area contributed by atoms with Gasteiger partial charge < -0.3 is 5.73 Å². The van der Waals surface area contributed by atoms with Gasteiger partial charge in [0, 0.05) is 5.69 Å². The van der Waals surface area contributed by atoms with Crippen molar-refractivity contribution in [1.82, 2.24) is 0 Å². The van der Waals surface area contributed by atoms with Crippen LogP contribution in [0.15, 0.2) is 36.4 Å². The van der Waals surface area contributed by atoms with E-state index in [4.69, 9.17) is 5.73 Å². The van der Waals surface area contributed by atoms with Crippen molar-refractivity contribution in [3.8, 4) is 11.1 Å². The monoisotopic (exact) mass is 211 g/mol. The summed E-state index contributed by atoms with van der Waals surface area (Å²) in [6, 6.07) is 12.5. The van der Waals surface area contributed by atoms with E-state index >= 15 is 0 Å². The lowest BCUT2D eigenvalue weighted by Gasteiger charge is -2.11. The Morgan fingerprint density at radius 1 is 0.812 bits per heavy atom. The van der Waals surface area contributed by atoms with Gasteiger partial charge in [-0.25, -0.2) is 0 Å². The Morgan fingerprint density at radius 2 is 1.56 bits per heavy atom. The van der Waals surface area contributed by atoms with Crippen LogP contribution in [0.4, 0.5) is 5.69 Å². The highest BCUT2D eigenvalue weighted by molar-refractivity contribution is 5.73. The zero-order valence-corrected chi connectivity index (χ0v) is 10.0. The first kappa shape index (κ1) is 10.7. The third-order valence-electron chi connectivity index (χ3n) is 3.15. The van der Waals surface area contributed by atoms with Gasteiger partial charge in [-0.15, -0.1) is 0 Å². The molecule has 2 N–H and O–H groups in total. The average molecular weight is 211 g/mol. The van der Waals surface area contributed by atoms with Gasteiger partial charge in [0.25, 0.3) is 0 Å². The molecule has 16 heavy (non-hydrogen) atoms. The van der Waals surface area contributed by atoms with E-state index in [9.17, 15) is 0 Å². The number of rotatable bonds is 1. The molecule has 1 heteroatoms. The zero-order chi connectivity index (χ0) is 11.7. The maximum absolute atomic E-state index is 5.77. The molecule has 0 fully saturated rings. The van der Waals surface area contributed by atoms with Crippen molar-refractivity contribution >= 4 is 5.69 Å². The van der Waals surface area contributed by atoms with Gasteiger partial charge in [-0.05, 0) is 60.7 Å². The Morgan fingerprint density at radius 3 is 2.25 bits per heavy atom. The van der Waals surface area contributed by atoms with Crippen LogP contribution in [0, 0.1) is 20.8 Å². The quantitative estimate of drug-likeness (QED) is 0.712. The number of anilines is 1. The van der Waals surface area contributed by atoms with E-state index in [1.165, 1.54) is 27.8 Å². The standard InChI is InChI=1S/C15H17N/c1-10-5-4-6-15(12(10)3)14-8-7-13(16)9-11(14)2/h4-9H,16H2,1-3H3. The van der Waals surface area contributed by atoms with Crippen LogP contribution in [0.2, 0.25) is 0 Å². The van der Waals surface area contributed by atoms with E-state index in [0.717, 1.165) is 5.69 Å². The molecule has 0 heterocycles. The molecule has 0 amide bonds. The molecule has 0 saturated heterocycles. The van der Waals surface area contributed by atoms with Crippen LogP contribution in [0.3, 0.4) is 0 Å². The summed E-state index contributed by atoms with van der Waals surface area (Å²) in [5.74, 6) is 0. The van der Waals surface area contributed by atoms with E-state index in [1.54, 1.807) is 0 Å². The highest BCUT2D eigenvalue weighted by Gasteiger charge is 2.06. The van der Waals surface area contributed by atoms with Gasteiger partial charge in [0.1, 0.15) is 0 Å². The molecular weight excluding hydrogens is 194 g/mol. The number of hydrogen-bond donors (Lipinski definition) is 1. The summed E-state index contributed by atoms with van der Waals surface area (Å²) < 4.78 is 0. The van der Waals surface area contributed by atoms with E-state index in [0.29, 0.717) is 0 Å². The van der Waals surface area contributed by atoms with E-state index < -0.39 is 0 Å². The predicted molar refractivity (Wildman–Crippen MR) is 70.5 cm³/mol. The summed E-state index contributed by atoms with van der Waals surface area (Å²) in [6.07, 6.45) is 0. The fourth-order valence-corrected chi connectivity index (χ4v) is 2.03. The molecule has 82 valence electrons. The summed E-state index contributed by atoms with van der Waals surface area (Å²) in [5.41, 5.74) is 13.1. The van der Waals surface area contributed by atoms with Crippen molar-refractivity contribution in [3.05, 3.63) is 53.1 Å². The Bertz CT molecular complexity index is 527. The molecule has 0 spiro atoms. The SMILES string of the molecule is Cc1cc(N)ccc1-c1cccc(C)c1C. The van der Waals surface area contributed by atoms with Crippen LogP contribution in [-0.4, -0.2) is 0 Å². The second kappa shape index (κ2) is 4.01. The van der Waals surface area contributed by atoms with Gasteiger partial charge in [0.2, 0.25) is 0 Å². The first-order valence-corrected chi connectivity index (χ1v) is 5.52. The van der Waals surface area contributed by atoms with Gasteiger partial charge in [0.05, 0.1) is 0 Å². The van der Waals surface area contributed by atoms with Gasteiger partial charge in [-0.1, -0.05) is 24.3 Å². The molecule has 2 rings (SSSR count). The first-order chi connectivity index (χ1) is 7.59. The largest absolute Gasteiger partial charge is 0.399 e. The Balaban J connectivity index is 2.63. The second-order valence-corrected chi connectivity index (χ2v) is 4.32. The highest BCUT2D eigenvalue weighted by Crippen LogP contribution is 2.29. The van der Waals surface area contributed by atoms with Crippen molar-refractivity contribution in [2.75, 3.05) is 5.73 Å². The molecule has 0 radical (unpaired) electrons. The Hall–Kier alpha value is -1.76. The average Bonchev–Trinajstić information content (AvgIpc) is 2.23. The van der Waals surface area contributed by atoms with Crippen molar-refractivity contribution < 1.29 is 0 Å². The van der Waals surface area contributed by atoms with E-state index in [-0.39, 0.29) is 0 Å². The predicted octanol–water partition coefficient (Wildman–Crippen LogP) is 3.86. The van der Waals surface area contributed by atoms with Gasteiger partial charge in [-0.2, -0.15) is 0 Å². The highest BCUT2D eigenvalue weighted by atomic mass is 14.5. The Labute approximate surface area is 96.9 Å². The third-order valence-corrected chi connectivity index (χ3v) is 3.15. The van der Waals surface area contributed by atoms with Crippen LogP contribution in [0.5, 0.6) is 0 Å². The molecule has 0 aromatic heterocycles. The van der Waals surface area contributed by atoms with Crippen LogP contribution in [-0.2, 0) is 0 Å². The molecular formula is C15H17N. The lowest BCUT2D eigenvalue weighted by molar-refractivity contribution is 1.33. The van der Waals surface area contributed by atoms with Gasteiger partial charge >= 0.3 is 0 Å². The summed E-state index contributed by atoms with van der Waals surface area (Å²) >= 11 is 0. The molecule has 0 aliphatic carbocycles. The number of hydrogen-bond acceptors (Lipinski definition) is 1. The van der Waals surface area contributed by atoms with Crippen LogP contribution < -0.4 is 5.73 Å². The van der Waals surface area contributed by atoms with Crippen molar-refractivity contribution in [1.29, 1.82) is 0 Å². The normalized spacial score (nSPS) is 10.4. The first-order valence-electron chi connectivity index (χ1n) is 5.52. The van der Waals surface area contributed by atoms with E-state index in [1.807, 2.05) is 12.1 Å². The molecule has 0 unspecified atom stereocenters. The summed E-state index contributed by atoms with van der Waals surface area (Å²) in [6.45, 7) is 6.42. The molecule has 1 nitrogen and oxygen atoms in total. The van der Waals surface area contributed by atoms with Crippen molar-refractivity contribution in [2.45, 2.75) is 20.8 Å². The number of nitrogen functional groups attached to an aromatic ring is 1. The fourth-order valence-electron chi connectivity index (χ4n) is 2.03. The maximum atomic E-state index is 5.77. The number of nitrogens with two attached hydrogens (primary N) is 1. The molecule has 2 aromatic carbocycles. The van der Waals surface area contributed by atoms with Crippen LogP contribution in [0.25, 0.3) is 11.1 Å². The minimum absolute atomic E-state index is 0.826. The second-order valence-electron chi connectivity index (χ2n) is 4.32.